The zero-order chi connectivity index (χ0) is 14.1. The lowest BCUT2D eigenvalue weighted by Gasteiger charge is -2.33. The van der Waals surface area contributed by atoms with E-state index in [0.29, 0.717) is 18.5 Å². The van der Waals surface area contributed by atoms with Crippen molar-refractivity contribution < 1.29 is 14.7 Å². The van der Waals surface area contributed by atoms with Gasteiger partial charge in [-0.2, -0.15) is 0 Å². The topological polar surface area (TPSA) is 69.6 Å². The minimum Gasteiger partial charge on any atom is -0.480 e. The summed E-state index contributed by atoms with van der Waals surface area (Å²) in [7, 11) is 0. The fourth-order valence-electron chi connectivity index (χ4n) is 3.03. The van der Waals surface area contributed by atoms with Gasteiger partial charge in [0.2, 0.25) is 0 Å². The highest BCUT2D eigenvalue weighted by atomic mass is 16.4. The molecule has 0 saturated carbocycles. The Morgan fingerprint density at radius 2 is 2.00 bits per heavy atom. The number of benzene rings is 1. The van der Waals surface area contributed by atoms with Crippen molar-refractivity contribution in [1.29, 1.82) is 0 Å². The van der Waals surface area contributed by atoms with E-state index in [2.05, 4.69) is 5.32 Å². The van der Waals surface area contributed by atoms with Crippen LogP contribution in [0.4, 0.5) is 0 Å². The summed E-state index contributed by atoms with van der Waals surface area (Å²) in [6.07, 6.45) is 2.30. The van der Waals surface area contributed by atoms with Crippen LogP contribution in [0.3, 0.4) is 0 Å². The first-order chi connectivity index (χ1) is 9.66. The number of carbonyl (C=O) groups excluding carboxylic acids is 1. The average molecular weight is 274 g/mol. The van der Waals surface area contributed by atoms with Crippen LogP contribution in [-0.4, -0.2) is 34.5 Å². The molecule has 5 heteroatoms. The van der Waals surface area contributed by atoms with Crippen molar-refractivity contribution in [2.24, 2.45) is 0 Å². The number of aliphatic carboxylic acids is 1. The summed E-state index contributed by atoms with van der Waals surface area (Å²) in [5, 5.41) is 12.5. The SMILES string of the molecule is O=C(O)[C@@H]1CCCCN1C(=O)c1ccc2c(c1)CNC2. The fourth-order valence-corrected chi connectivity index (χ4v) is 3.03. The molecule has 3 rings (SSSR count). The van der Waals surface area contributed by atoms with Gasteiger partial charge in [-0.25, -0.2) is 4.79 Å². The molecule has 1 atom stereocenters. The van der Waals surface area contributed by atoms with E-state index in [1.807, 2.05) is 18.2 Å². The van der Waals surface area contributed by atoms with Crippen molar-refractivity contribution in [3.05, 3.63) is 34.9 Å². The van der Waals surface area contributed by atoms with Gasteiger partial charge >= 0.3 is 5.97 Å². The minimum atomic E-state index is -0.902. The Morgan fingerprint density at radius 1 is 1.20 bits per heavy atom. The van der Waals surface area contributed by atoms with Crippen molar-refractivity contribution in [2.45, 2.75) is 38.4 Å². The third-order valence-corrected chi connectivity index (χ3v) is 4.13. The summed E-state index contributed by atoms with van der Waals surface area (Å²) in [5.41, 5.74) is 2.95. The van der Waals surface area contributed by atoms with Crippen LogP contribution in [-0.2, 0) is 17.9 Å². The van der Waals surface area contributed by atoms with Crippen LogP contribution in [0.15, 0.2) is 18.2 Å². The number of nitrogens with one attached hydrogen (secondary N) is 1. The fraction of sp³-hybridized carbons (Fsp3) is 0.467. The van der Waals surface area contributed by atoms with Crippen molar-refractivity contribution in [2.75, 3.05) is 6.54 Å². The highest BCUT2D eigenvalue weighted by Gasteiger charge is 2.32. The predicted molar refractivity (Wildman–Crippen MR) is 73.3 cm³/mol. The number of carboxylic acids is 1. The molecule has 1 saturated heterocycles. The Balaban J connectivity index is 1.85. The number of nitrogens with zero attached hydrogens (tertiary/aromatic N) is 1. The monoisotopic (exact) mass is 274 g/mol. The number of carbonyl (C=O) groups is 2. The highest BCUT2D eigenvalue weighted by molar-refractivity contribution is 5.97. The average Bonchev–Trinajstić information content (AvgIpc) is 2.93. The van der Waals surface area contributed by atoms with E-state index in [-0.39, 0.29) is 5.91 Å². The number of carboxylic acid groups (broad SMARTS) is 1. The lowest BCUT2D eigenvalue weighted by atomic mass is 9.99. The molecule has 20 heavy (non-hydrogen) atoms. The number of likely N-dealkylation sites (tertiary alicyclic amines) is 1. The number of rotatable bonds is 2. The number of amides is 1. The molecule has 2 heterocycles. The molecule has 2 aliphatic rings. The maximum Gasteiger partial charge on any atom is 0.326 e. The van der Waals surface area contributed by atoms with Gasteiger partial charge in [-0.3, -0.25) is 4.79 Å². The summed E-state index contributed by atoms with van der Waals surface area (Å²) < 4.78 is 0. The Bertz CT molecular complexity index is 556. The third-order valence-electron chi connectivity index (χ3n) is 4.13. The molecule has 0 bridgehead atoms. The minimum absolute atomic E-state index is 0.160. The van der Waals surface area contributed by atoms with Gasteiger partial charge in [-0.05, 0) is 42.5 Å². The summed E-state index contributed by atoms with van der Waals surface area (Å²) in [4.78, 5) is 25.4. The van der Waals surface area contributed by atoms with Crippen molar-refractivity contribution in [3.8, 4) is 0 Å². The van der Waals surface area contributed by atoms with Crippen molar-refractivity contribution in [1.82, 2.24) is 10.2 Å². The molecule has 1 aromatic rings. The largest absolute Gasteiger partial charge is 0.480 e. The van der Waals surface area contributed by atoms with Gasteiger partial charge in [0, 0.05) is 25.2 Å². The number of hydrogen-bond acceptors (Lipinski definition) is 3. The van der Waals surface area contributed by atoms with Crippen LogP contribution >= 0.6 is 0 Å². The third kappa shape index (κ3) is 2.29. The second-order valence-corrected chi connectivity index (χ2v) is 5.44. The molecular weight excluding hydrogens is 256 g/mol. The zero-order valence-electron chi connectivity index (χ0n) is 11.3. The van der Waals surface area contributed by atoms with Crippen LogP contribution in [0, 0.1) is 0 Å². The van der Waals surface area contributed by atoms with E-state index in [1.54, 1.807) is 0 Å². The molecule has 106 valence electrons. The molecule has 2 N–H and O–H groups in total. The zero-order valence-corrected chi connectivity index (χ0v) is 11.3. The van der Waals surface area contributed by atoms with Gasteiger partial charge in [-0.1, -0.05) is 6.07 Å². The maximum atomic E-state index is 12.6. The van der Waals surface area contributed by atoms with Crippen LogP contribution < -0.4 is 5.32 Å². The number of hydrogen-bond donors (Lipinski definition) is 2. The van der Waals surface area contributed by atoms with Crippen LogP contribution in [0.1, 0.15) is 40.7 Å². The molecule has 1 aromatic carbocycles. The molecule has 1 amide bonds. The van der Waals surface area contributed by atoms with Gasteiger partial charge in [0.05, 0.1) is 0 Å². The Kier molecular flexibility index (Phi) is 3.44. The molecule has 0 aliphatic carbocycles. The smallest absolute Gasteiger partial charge is 0.326 e. The van der Waals surface area contributed by atoms with Gasteiger partial charge in [0.25, 0.3) is 5.91 Å². The van der Waals surface area contributed by atoms with Crippen LogP contribution in [0.2, 0.25) is 0 Å². The van der Waals surface area contributed by atoms with E-state index in [9.17, 15) is 14.7 Å². The summed E-state index contributed by atoms with van der Waals surface area (Å²) in [6, 6.07) is 4.98. The molecule has 1 fully saturated rings. The lowest BCUT2D eigenvalue weighted by Crippen LogP contribution is -2.48. The molecule has 0 spiro atoms. The van der Waals surface area contributed by atoms with Gasteiger partial charge in [0.1, 0.15) is 6.04 Å². The molecule has 5 nitrogen and oxygen atoms in total. The summed E-state index contributed by atoms with van der Waals surface area (Å²) in [6.45, 7) is 2.15. The first-order valence-corrected chi connectivity index (χ1v) is 7.03. The van der Waals surface area contributed by atoms with Crippen molar-refractivity contribution in [3.63, 3.8) is 0 Å². The first-order valence-electron chi connectivity index (χ1n) is 7.03. The van der Waals surface area contributed by atoms with Gasteiger partial charge in [-0.15, -0.1) is 0 Å². The Hall–Kier alpha value is -1.88. The van der Waals surface area contributed by atoms with E-state index in [4.69, 9.17) is 0 Å². The first kappa shape index (κ1) is 13.1. The van der Waals surface area contributed by atoms with Crippen LogP contribution in [0.25, 0.3) is 0 Å². The lowest BCUT2D eigenvalue weighted by molar-refractivity contribution is -0.143. The van der Waals surface area contributed by atoms with E-state index >= 15 is 0 Å². The number of piperidine rings is 1. The van der Waals surface area contributed by atoms with Crippen LogP contribution in [0.5, 0.6) is 0 Å². The van der Waals surface area contributed by atoms with Crippen molar-refractivity contribution >= 4 is 11.9 Å². The second-order valence-electron chi connectivity index (χ2n) is 5.44. The maximum absolute atomic E-state index is 12.6. The molecule has 0 aromatic heterocycles. The molecule has 0 unspecified atom stereocenters. The summed E-state index contributed by atoms with van der Waals surface area (Å²) in [5.74, 6) is -1.06. The number of fused-ring (bicyclic) bond motifs is 1. The summed E-state index contributed by atoms with van der Waals surface area (Å²) >= 11 is 0. The standard InChI is InChI=1S/C15H18N2O3/c18-14(17-6-2-1-3-13(17)15(19)20)10-4-5-11-8-16-9-12(11)7-10/h4-5,7,13,16H,1-3,6,8-9H2,(H,19,20)/t13-/m0/s1. The molecule has 0 radical (unpaired) electrons. The Labute approximate surface area is 117 Å². The van der Waals surface area contributed by atoms with E-state index in [0.717, 1.165) is 31.5 Å². The van der Waals surface area contributed by atoms with Gasteiger partial charge < -0.3 is 15.3 Å². The van der Waals surface area contributed by atoms with Gasteiger partial charge in [0.15, 0.2) is 0 Å². The second kappa shape index (κ2) is 5.25. The molecule has 2 aliphatic heterocycles. The van der Waals surface area contributed by atoms with E-state index in [1.165, 1.54) is 10.5 Å². The Morgan fingerprint density at radius 3 is 2.80 bits per heavy atom. The highest BCUT2D eigenvalue weighted by Crippen LogP contribution is 2.22. The normalized spacial score (nSPS) is 21.6. The molecular formula is C15H18N2O3. The quantitative estimate of drug-likeness (QED) is 0.854. The van der Waals surface area contributed by atoms with E-state index < -0.39 is 12.0 Å². The predicted octanol–water partition coefficient (Wildman–Crippen LogP) is 1.37.